The van der Waals surface area contributed by atoms with Gasteiger partial charge in [-0.05, 0) is 45.0 Å². The van der Waals surface area contributed by atoms with Crippen molar-refractivity contribution in [2.24, 2.45) is 0 Å². The number of imide groups is 1. The maximum atomic E-state index is 12.7. The van der Waals surface area contributed by atoms with Crippen LogP contribution in [0, 0.1) is 10.1 Å². The average molecular weight is 412 g/mol. The van der Waals surface area contributed by atoms with Crippen molar-refractivity contribution in [3.63, 3.8) is 0 Å². The van der Waals surface area contributed by atoms with Crippen LogP contribution in [0.3, 0.4) is 0 Å². The van der Waals surface area contributed by atoms with E-state index in [1.165, 1.54) is 48.4 Å². The van der Waals surface area contributed by atoms with Crippen molar-refractivity contribution in [2.45, 2.75) is 26.3 Å². The molecule has 30 heavy (non-hydrogen) atoms. The summed E-state index contributed by atoms with van der Waals surface area (Å²) in [6.45, 7) is 5.27. The van der Waals surface area contributed by atoms with Crippen molar-refractivity contribution >= 4 is 34.9 Å². The van der Waals surface area contributed by atoms with E-state index >= 15 is 0 Å². The number of urea groups is 1. The summed E-state index contributed by atoms with van der Waals surface area (Å²) in [6, 6.07) is 7.50. The van der Waals surface area contributed by atoms with Gasteiger partial charge in [0, 0.05) is 23.4 Å². The SMILES string of the molecule is COc1ccc([N+](=O)[O-])cc1NC(=O)Nc1ccc2c(c1)C(=O)N(C(C)(C)C)C2=O. The largest absolute Gasteiger partial charge is 0.495 e. The van der Waals surface area contributed by atoms with Crippen LogP contribution >= 0.6 is 0 Å². The highest BCUT2D eigenvalue weighted by molar-refractivity contribution is 6.22. The average Bonchev–Trinajstić information content (AvgIpc) is 2.91. The van der Waals surface area contributed by atoms with Crippen LogP contribution in [-0.4, -0.2) is 40.3 Å². The lowest BCUT2D eigenvalue weighted by Gasteiger charge is -2.29. The first-order valence-electron chi connectivity index (χ1n) is 8.96. The Labute approximate surface area is 172 Å². The Morgan fingerprint density at radius 2 is 1.70 bits per heavy atom. The van der Waals surface area contributed by atoms with Gasteiger partial charge in [-0.1, -0.05) is 0 Å². The molecule has 2 aromatic rings. The number of hydrogen-bond donors (Lipinski definition) is 2. The van der Waals surface area contributed by atoms with Gasteiger partial charge >= 0.3 is 6.03 Å². The molecule has 0 spiro atoms. The molecule has 0 atom stereocenters. The van der Waals surface area contributed by atoms with Gasteiger partial charge in [0.1, 0.15) is 5.75 Å². The van der Waals surface area contributed by atoms with Crippen LogP contribution in [0.5, 0.6) is 5.75 Å². The van der Waals surface area contributed by atoms with E-state index < -0.39 is 22.4 Å². The fourth-order valence-electron chi connectivity index (χ4n) is 3.12. The number of carbonyl (C=O) groups excluding carboxylic acids is 3. The van der Waals surface area contributed by atoms with Crippen molar-refractivity contribution in [1.82, 2.24) is 4.90 Å². The van der Waals surface area contributed by atoms with Crippen LogP contribution in [0.25, 0.3) is 0 Å². The zero-order valence-electron chi connectivity index (χ0n) is 16.8. The van der Waals surface area contributed by atoms with Gasteiger partial charge in [-0.15, -0.1) is 0 Å². The van der Waals surface area contributed by atoms with Gasteiger partial charge in [-0.3, -0.25) is 24.6 Å². The number of nitrogens with zero attached hydrogens (tertiary/aromatic N) is 2. The van der Waals surface area contributed by atoms with E-state index in [4.69, 9.17) is 4.74 Å². The zero-order chi connectivity index (χ0) is 22.2. The summed E-state index contributed by atoms with van der Waals surface area (Å²) in [5, 5.41) is 16.0. The van der Waals surface area contributed by atoms with Gasteiger partial charge in [-0.25, -0.2) is 4.79 Å². The van der Waals surface area contributed by atoms with E-state index in [-0.39, 0.29) is 39.8 Å². The highest BCUT2D eigenvalue weighted by Crippen LogP contribution is 2.32. The number of nitrogens with one attached hydrogen (secondary N) is 2. The van der Waals surface area contributed by atoms with E-state index in [1.54, 1.807) is 20.8 Å². The molecular weight excluding hydrogens is 392 g/mol. The summed E-state index contributed by atoms with van der Waals surface area (Å²) in [6.07, 6.45) is 0. The number of non-ortho nitro benzene ring substituents is 1. The summed E-state index contributed by atoms with van der Waals surface area (Å²) in [7, 11) is 1.37. The number of nitro benzene ring substituents is 1. The predicted molar refractivity (Wildman–Crippen MR) is 109 cm³/mol. The molecule has 2 N–H and O–H groups in total. The number of benzene rings is 2. The quantitative estimate of drug-likeness (QED) is 0.448. The number of rotatable bonds is 4. The topological polar surface area (TPSA) is 131 Å². The van der Waals surface area contributed by atoms with Crippen LogP contribution in [-0.2, 0) is 0 Å². The summed E-state index contributed by atoms with van der Waals surface area (Å²) < 4.78 is 5.11. The fraction of sp³-hybridized carbons (Fsp3) is 0.250. The molecule has 1 aliphatic rings. The van der Waals surface area contributed by atoms with Crippen LogP contribution in [0.2, 0.25) is 0 Å². The summed E-state index contributed by atoms with van der Waals surface area (Å²) in [5.41, 5.74) is -0.0449. The second-order valence-corrected chi connectivity index (χ2v) is 7.60. The molecule has 0 radical (unpaired) electrons. The first-order valence-corrected chi connectivity index (χ1v) is 8.96. The minimum Gasteiger partial charge on any atom is -0.495 e. The van der Waals surface area contributed by atoms with Crippen molar-refractivity contribution in [3.8, 4) is 5.75 Å². The molecule has 10 heteroatoms. The molecule has 1 heterocycles. The number of hydrogen-bond acceptors (Lipinski definition) is 6. The molecule has 4 amide bonds. The smallest absolute Gasteiger partial charge is 0.323 e. The number of carbonyl (C=O) groups is 3. The molecule has 10 nitrogen and oxygen atoms in total. The summed E-state index contributed by atoms with van der Waals surface area (Å²) >= 11 is 0. The Morgan fingerprint density at radius 3 is 2.30 bits per heavy atom. The maximum Gasteiger partial charge on any atom is 0.323 e. The van der Waals surface area contributed by atoms with E-state index in [2.05, 4.69) is 10.6 Å². The fourth-order valence-corrected chi connectivity index (χ4v) is 3.12. The molecule has 3 rings (SSSR count). The molecular formula is C20H20N4O6. The summed E-state index contributed by atoms with van der Waals surface area (Å²) in [4.78, 5) is 49.1. The van der Waals surface area contributed by atoms with Gasteiger partial charge in [-0.2, -0.15) is 0 Å². The lowest BCUT2D eigenvalue weighted by Crippen LogP contribution is -2.45. The van der Waals surface area contributed by atoms with Crippen molar-refractivity contribution in [1.29, 1.82) is 0 Å². The van der Waals surface area contributed by atoms with Crippen LogP contribution in [0.15, 0.2) is 36.4 Å². The molecule has 0 saturated heterocycles. The third kappa shape index (κ3) is 3.79. The first kappa shape index (κ1) is 20.8. The third-order valence-corrected chi connectivity index (χ3v) is 4.46. The minimum absolute atomic E-state index is 0.107. The van der Waals surface area contributed by atoms with Crippen molar-refractivity contribution < 1.29 is 24.0 Å². The normalized spacial score (nSPS) is 13.1. The number of amides is 4. The second kappa shape index (κ2) is 7.47. The Morgan fingerprint density at radius 1 is 1.03 bits per heavy atom. The lowest BCUT2D eigenvalue weighted by molar-refractivity contribution is -0.384. The molecule has 0 bridgehead atoms. The Kier molecular flexibility index (Phi) is 5.17. The van der Waals surface area contributed by atoms with Crippen molar-refractivity contribution in [3.05, 3.63) is 57.6 Å². The molecule has 0 saturated carbocycles. The lowest BCUT2D eigenvalue weighted by atomic mass is 10.1. The van der Waals surface area contributed by atoms with Gasteiger partial charge < -0.3 is 15.4 Å². The number of ether oxygens (including phenoxy) is 1. The highest BCUT2D eigenvalue weighted by atomic mass is 16.6. The van der Waals surface area contributed by atoms with Gasteiger partial charge in [0.2, 0.25) is 0 Å². The number of nitro groups is 1. The highest BCUT2D eigenvalue weighted by Gasteiger charge is 2.41. The Bertz CT molecular complexity index is 1070. The molecule has 0 aliphatic carbocycles. The molecule has 0 fully saturated rings. The molecule has 156 valence electrons. The van der Waals surface area contributed by atoms with Gasteiger partial charge in [0.05, 0.1) is 28.8 Å². The van der Waals surface area contributed by atoms with Crippen LogP contribution < -0.4 is 15.4 Å². The van der Waals surface area contributed by atoms with E-state index in [0.717, 1.165) is 0 Å². The van der Waals surface area contributed by atoms with Gasteiger partial charge in [0.25, 0.3) is 17.5 Å². The van der Waals surface area contributed by atoms with E-state index in [0.29, 0.717) is 0 Å². The minimum atomic E-state index is -0.696. The molecule has 1 aliphatic heterocycles. The van der Waals surface area contributed by atoms with Crippen LogP contribution in [0.1, 0.15) is 41.5 Å². The first-order chi connectivity index (χ1) is 14.0. The standard InChI is InChI=1S/C20H20N4O6/c1-20(2,3)23-17(25)13-7-5-11(9-14(13)18(23)26)21-19(27)22-15-10-12(24(28)29)6-8-16(15)30-4/h5-10H,1-4H3,(H2,21,22,27). The molecule has 0 aromatic heterocycles. The second-order valence-electron chi connectivity index (χ2n) is 7.60. The van der Waals surface area contributed by atoms with E-state index in [1.807, 2.05) is 0 Å². The van der Waals surface area contributed by atoms with Gasteiger partial charge in [0.15, 0.2) is 0 Å². The molecule has 2 aromatic carbocycles. The summed E-state index contributed by atoms with van der Waals surface area (Å²) in [5.74, 6) is -0.585. The van der Waals surface area contributed by atoms with Crippen LogP contribution in [0.4, 0.5) is 21.9 Å². The Balaban J connectivity index is 1.81. The monoisotopic (exact) mass is 412 g/mol. The third-order valence-electron chi connectivity index (χ3n) is 4.46. The maximum absolute atomic E-state index is 12.7. The predicted octanol–water partition coefficient (Wildman–Crippen LogP) is 3.64. The van der Waals surface area contributed by atoms with Crippen molar-refractivity contribution in [2.75, 3.05) is 17.7 Å². The number of fused-ring (bicyclic) bond motifs is 1. The van der Waals surface area contributed by atoms with E-state index in [9.17, 15) is 24.5 Å². The number of methoxy groups -OCH3 is 1. The number of anilines is 2. The molecule has 0 unspecified atom stereocenters. The zero-order valence-corrected chi connectivity index (χ0v) is 16.8. The Hall–Kier alpha value is -3.95.